The lowest BCUT2D eigenvalue weighted by Gasteiger charge is -2.23. The van der Waals surface area contributed by atoms with Crippen LogP contribution in [0.4, 0.5) is 4.39 Å². The molecule has 1 amide bonds. The summed E-state index contributed by atoms with van der Waals surface area (Å²) in [5.74, 6) is -0.169. The fraction of sp³-hybridized carbons (Fsp3) is 0.417. The molecule has 1 saturated heterocycles. The molecule has 1 aromatic rings. The molecule has 0 aliphatic carbocycles. The number of nitrogens with one attached hydrogen (secondary N) is 1. The Morgan fingerprint density at radius 2 is 2.20 bits per heavy atom. The van der Waals surface area contributed by atoms with E-state index in [1.807, 2.05) is 13.0 Å². The summed E-state index contributed by atoms with van der Waals surface area (Å²) in [5.41, 5.74) is 1.77. The van der Waals surface area contributed by atoms with E-state index in [9.17, 15) is 9.18 Å². The van der Waals surface area contributed by atoms with E-state index in [0.29, 0.717) is 6.42 Å². The van der Waals surface area contributed by atoms with Gasteiger partial charge in [-0.15, -0.1) is 0 Å². The summed E-state index contributed by atoms with van der Waals surface area (Å²) in [6.07, 6.45) is 2.37. The van der Waals surface area contributed by atoms with Crippen LogP contribution in [0.25, 0.3) is 0 Å². The summed E-state index contributed by atoms with van der Waals surface area (Å²) in [5, 5.41) is 2.88. The van der Waals surface area contributed by atoms with Crippen LogP contribution in [0.5, 0.6) is 0 Å². The lowest BCUT2D eigenvalue weighted by atomic mass is 9.96. The number of amides is 1. The van der Waals surface area contributed by atoms with Crippen molar-refractivity contribution in [3.8, 4) is 0 Å². The lowest BCUT2D eigenvalue weighted by molar-refractivity contribution is -0.123. The molecule has 1 aromatic carbocycles. The van der Waals surface area contributed by atoms with Crippen LogP contribution in [-0.4, -0.2) is 5.91 Å². The van der Waals surface area contributed by atoms with Gasteiger partial charge in [-0.05, 0) is 43.0 Å². The van der Waals surface area contributed by atoms with Crippen molar-refractivity contribution in [3.63, 3.8) is 0 Å². The highest BCUT2D eigenvalue weighted by Crippen LogP contribution is 2.24. The molecular weight excluding hydrogens is 193 g/mol. The molecule has 0 aromatic heterocycles. The van der Waals surface area contributed by atoms with Gasteiger partial charge in [0.1, 0.15) is 5.82 Å². The van der Waals surface area contributed by atoms with E-state index in [-0.39, 0.29) is 17.8 Å². The molecule has 3 heteroatoms. The summed E-state index contributed by atoms with van der Waals surface area (Å²) < 4.78 is 13.2. The summed E-state index contributed by atoms with van der Waals surface area (Å²) >= 11 is 0. The van der Waals surface area contributed by atoms with E-state index in [1.54, 1.807) is 0 Å². The Bertz CT molecular complexity index is 369. The Balaban J connectivity index is 2.24. The second-order valence-corrected chi connectivity index (χ2v) is 4.07. The molecule has 1 atom stereocenters. The molecule has 0 saturated carbocycles. The zero-order chi connectivity index (χ0) is 10.8. The normalized spacial score (nSPS) is 21.2. The zero-order valence-corrected chi connectivity index (χ0v) is 8.72. The van der Waals surface area contributed by atoms with Gasteiger partial charge < -0.3 is 5.32 Å². The maximum atomic E-state index is 13.2. The van der Waals surface area contributed by atoms with E-state index < -0.39 is 0 Å². The van der Waals surface area contributed by atoms with Gasteiger partial charge in [-0.3, -0.25) is 4.79 Å². The van der Waals surface area contributed by atoms with Crippen LogP contribution >= 0.6 is 0 Å². The number of hydrogen-bond donors (Lipinski definition) is 1. The van der Waals surface area contributed by atoms with E-state index in [1.165, 1.54) is 12.1 Å². The minimum absolute atomic E-state index is 0.0133. The third-order valence-electron chi connectivity index (χ3n) is 2.70. The molecule has 1 N–H and O–H groups in total. The minimum atomic E-state index is -0.232. The Labute approximate surface area is 88.5 Å². The van der Waals surface area contributed by atoms with Gasteiger partial charge in [0.05, 0.1) is 6.04 Å². The average molecular weight is 207 g/mol. The second kappa shape index (κ2) is 4.01. The molecule has 0 spiro atoms. The molecule has 80 valence electrons. The standard InChI is InChI=1S/C12H14FNO/c1-8-5-9(7-10(13)6-8)11-3-2-4-12(15)14-11/h5-7,11H,2-4H2,1H3,(H,14,15). The Kier molecular flexibility index (Phi) is 2.71. The summed E-state index contributed by atoms with van der Waals surface area (Å²) in [6.45, 7) is 1.86. The average Bonchev–Trinajstić information content (AvgIpc) is 2.16. The van der Waals surface area contributed by atoms with Crippen molar-refractivity contribution < 1.29 is 9.18 Å². The fourth-order valence-electron chi connectivity index (χ4n) is 2.02. The number of benzene rings is 1. The highest BCUT2D eigenvalue weighted by atomic mass is 19.1. The van der Waals surface area contributed by atoms with Crippen molar-refractivity contribution in [2.24, 2.45) is 0 Å². The summed E-state index contributed by atoms with van der Waals surface area (Å²) in [6, 6.07) is 4.91. The Hall–Kier alpha value is -1.38. The molecule has 1 aliphatic rings. The van der Waals surface area contributed by atoms with Crippen LogP contribution in [-0.2, 0) is 4.79 Å². The van der Waals surface area contributed by atoms with Gasteiger partial charge in [0.2, 0.25) is 5.91 Å². The molecule has 1 heterocycles. The van der Waals surface area contributed by atoms with Gasteiger partial charge in [-0.25, -0.2) is 4.39 Å². The quantitative estimate of drug-likeness (QED) is 0.753. The van der Waals surface area contributed by atoms with E-state index in [0.717, 1.165) is 24.0 Å². The van der Waals surface area contributed by atoms with Crippen LogP contribution in [0.15, 0.2) is 18.2 Å². The third-order valence-corrected chi connectivity index (χ3v) is 2.70. The monoisotopic (exact) mass is 207 g/mol. The number of hydrogen-bond acceptors (Lipinski definition) is 1. The Morgan fingerprint density at radius 3 is 2.87 bits per heavy atom. The zero-order valence-electron chi connectivity index (χ0n) is 8.72. The van der Waals surface area contributed by atoms with Crippen LogP contribution < -0.4 is 5.32 Å². The topological polar surface area (TPSA) is 29.1 Å². The molecule has 2 nitrogen and oxygen atoms in total. The highest BCUT2D eigenvalue weighted by Gasteiger charge is 2.20. The first-order valence-corrected chi connectivity index (χ1v) is 5.21. The SMILES string of the molecule is Cc1cc(F)cc(C2CCCC(=O)N2)c1. The molecule has 15 heavy (non-hydrogen) atoms. The third kappa shape index (κ3) is 2.35. The maximum absolute atomic E-state index is 13.2. The van der Waals surface area contributed by atoms with Gasteiger partial charge in [0.15, 0.2) is 0 Å². The predicted molar refractivity (Wildman–Crippen MR) is 55.9 cm³/mol. The van der Waals surface area contributed by atoms with Crippen LogP contribution in [0.3, 0.4) is 0 Å². The summed E-state index contributed by atoms with van der Waals surface area (Å²) in [7, 11) is 0. The minimum Gasteiger partial charge on any atom is -0.349 e. The van der Waals surface area contributed by atoms with E-state index in [2.05, 4.69) is 5.32 Å². The number of piperidine rings is 1. The summed E-state index contributed by atoms with van der Waals surface area (Å²) in [4.78, 5) is 11.2. The maximum Gasteiger partial charge on any atom is 0.220 e. The largest absolute Gasteiger partial charge is 0.349 e. The number of aryl methyl sites for hydroxylation is 1. The van der Waals surface area contributed by atoms with Gasteiger partial charge in [-0.2, -0.15) is 0 Å². The first-order chi connectivity index (χ1) is 7.15. The van der Waals surface area contributed by atoms with Crippen molar-refractivity contribution in [2.75, 3.05) is 0 Å². The second-order valence-electron chi connectivity index (χ2n) is 4.07. The molecule has 1 unspecified atom stereocenters. The van der Waals surface area contributed by atoms with E-state index in [4.69, 9.17) is 0 Å². The van der Waals surface area contributed by atoms with Crippen LogP contribution in [0, 0.1) is 12.7 Å². The first-order valence-electron chi connectivity index (χ1n) is 5.21. The van der Waals surface area contributed by atoms with Crippen molar-refractivity contribution in [1.82, 2.24) is 5.32 Å². The van der Waals surface area contributed by atoms with Gasteiger partial charge >= 0.3 is 0 Å². The number of carbonyl (C=O) groups is 1. The van der Waals surface area contributed by atoms with Crippen LogP contribution in [0.1, 0.15) is 36.4 Å². The highest BCUT2D eigenvalue weighted by molar-refractivity contribution is 5.77. The lowest BCUT2D eigenvalue weighted by Crippen LogP contribution is -2.32. The van der Waals surface area contributed by atoms with Crippen molar-refractivity contribution >= 4 is 5.91 Å². The smallest absolute Gasteiger partial charge is 0.220 e. The molecule has 1 aliphatic heterocycles. The number of halogens is 1. The number of carbonyl (C=O) groups excluding carboxylic acids is 1. The first kappa shape index (κ1) is 10.1. The predicted octanol–water partition coefficient (Wildman–Crippen LogP) is 2.48. The van der Waals surface area contributed by atoms with Crippen molar-refractivity contribution in [3.05, 3.63) is 35.1 Å². The molecule has 2 rings (SSSR count). The molecular formula is C12H14FNO. The number of rotatable bonds is 1. The fourth-order valence-corrected chi connectivity index (χ4v) is 2.02. The van der Waals surface area contributed by atoms with Gasteiger partial charge in [0, 0.05) is 6.42 Å². The van der Waals surface area contributed by atoms with E-state index >= 15 is 0 Å². The van der Waals surface area contributed by atoms with Crippen molar-refractivity contribution in [2.45, 2.75) is 32.2 Å². The van der Waals surface area contributed by atoms with Gasteiger partial charge in [-0.1, -0.05) is 6.07 Å². The van der Waals surface area contributed by atoms with Gasteiger partial charge in [0.25, 0.3) is 0 Å². The van der Waals surface area contributed by atoms with Crippen LogP contribution in [0.2, 0.25) is 0 Å². The molecule has 1 fully saturated rings. The Morgan fingerprint density at radius 1 is 1.40 bits per heavy atom. The molecule has 0 bridgehead atoms. The van der Waals surface area contributed by atoms with Crippen molar-refractivity contribution in [1.29, 1.82) is 0 Å². The molecule has 0 radical (unpaired) electrons.